The lowest BCUT2D eigenvalue weighted by Gasteiger charge is -2.34. The van der Waals surface area contributed by atoms with E-state index in [-0.39, 0.29) is 29.5 Å². The van der Waals surface area contributed by atoms with Gasteiger partial charge in [0.2, 0.25) is 11.8 Å². The van der Waals surface area contributed by atoms with Crippen molar-refractivity contribution >= 4 is 55.1 Å². The Balaban J connectivity index is 1.79. The number of halogens is 2. The first-order valence-corrected chi connectivity index (χ1v) is 16.5. The zero-order valence-electron chi connectivity index (χ0n) is 24.3. The number of anilines is 1. The molecule has 8 nitrogen and oxygen atoms in total. The second-order valence-electron chi connectivity index (χ2n) is 9.92. The van der Waals surface area contributed by atoms with E-state index in [4.69, 9.17) is 16.3 Å². The van der Waals surface area contributed by atoms with Gasteiger partial charge in [-0.25, -0.2) is 8.42 Å². The number of rotatable bonds is 13. The molecule has 0 fully saturated rings. The molecular weight excluding hydrogens is 666 g/mol. The SMILES string of the molecule is CCNC(=O)C(Cc1ccccc1)N(Cc1cccc(Br)c1)C(=O)CN(c1ccc(Cl)cc1)S(=O)(=O)c1ccc(OC)cc1. The molecule has 0 radical (unpaired) electrons. The molecule has 4 aromatic rings. The molecule has 4 aromatic carbocycles. The van der Waals surface area contributed by atoms with Crippen molar-refractivity contribution in [1.29, 1.82) is 0 Å². The van der Waals surface area contributed by atoms with E-state index in [9.17, 15) is 18.0 Å². The van der Waals surface area contributed by atoms with Gasteiger partial charge in [0.1, 0.15) is 18.3 Å². The molecule has 0 aliphatic carbocycles. The molecule has 0 aliphatic heterocycles. The van der Waals surface area contributed by atoms with Gasteiger partial charge in [0.15, 0.2) is 0 Å². The number of methoxy groups -OCH3 is 1. The Kier molecular flexibility index (Phi) is 11.4. The summed E-state index contributed by atoms with van der Waals surface area (Å²) >= 11 is 9.60. The molecule has 0 aliphatic rings. The van der Waals surface area contributed by atoms with Gasteiger partial charge in [0.25, 0.3) is 10.0 Å². The Labute approximate surface area is 271 Å². The second kappa shape index (κ2) is 15.2. The van der Waals surface area contributed by atoms with Crippen molar-refractivity contribution in [3.8, 4) is 5.75 Å². The van der Waals surface area contributed by atoms with Gasteiger partial charge in [-0.1, -0.05) is 70.0 Å². The molecule has 44 heavy (non-hydrogen) atoms. The van der Waals surface area contributed by atoms with Crippen LogP contribution in [0.5, 0.6) is 5.75 Å². The molecule has 1 atom stereocenters. The van der Waals surface area contributed by atoms with Crippen molar-refractivity contribution in [3.63, 3.8) is 0 Å². The molecule has 0 spiro atoms. The van der Waals surface area contributed by atoms with E-state index in [1.807, 2.05) is 61.5 Å². The second-order valence-corrected chi connectivity index (χ2v) is 13.1. The molecular formula is C33H33BrClN3O5S. The number of carbonyl (C=O) groups excluding carboxylic acids is 2. The standard InChI is InChI=1S/C33H33BrClN3O5S/c1-3-36-33(40)31(21-24-8-5-4-6-9-24)37(22-25-10-7-11-26(34)20-25)32(39)23-38(28-14-12-27(35)13-15-28)44(41,42)30-18-16-29(43-2)17-19-30/h4-20,31H,3,21-23H2,1-2H3,(H,36,40). The summed E-state index contributed by atoms with van der Waals surface area (Å²) in [4.78, 5) is 29.4. The molecule has 0 saturated carbocycles. The molecule has 0 aromatic heterocycles. The van der Waals surface area contributed by atoms with Crippen LogP contribution in [0.3, 0.4) is 0 Å². The molecule has 1 N–H and O–H groups in total. The van der Waals surface area contributed by atoms with E-state index < -0.39 is 28.5 Å². The van der Waals surface area contributed by atoms with E-state index in [0.717, 1.165) is 19.9 Å². The fourth-order valence-electron chi connectivity index (χ4n) is 4.69. The smallest absolute Gasteiger partial charge is 0.264 e. The maximum atomic E-state index is 14.4. The summed E-state index contributed by atoms with van der Waals surface area (Å²) < 4.78 is 35.2. The Morgan fingerprint density at radius 1 is 0.909 bits per heavy atom. The van der Waals surface area contributed by atoms with Crippen molar-refractivity contribution in [2.45, 2.75) is 30.8 Å². The minimum Gasteiger partial charge on any atom is -0.497 e. The van der Waals surface area contributed by atoms with Crippen LogP contribution >= 0.6 is 27.5 Å². The maximum absolute atomic E-state index is 14.4. The van der Waals surface area contributed by atoms with Crippen molar-refractivity contribution in [1.82, 2.24) is 10.2 Å². The first kappa shape index (κ1) is 33.0. The maximum Gasteiger partial charge on any atom is 0.264 e. The van der Waals surface area contributed by atoms with Crippen LogP contribution in [0.15, 0.2) is 112 Å². The van der Waals surface area contributed by atoms with Gasteiger partial charge in [0, 0.05) is 29.0 Å². The van der Waals surface area contributed by atoms with Crippen LogP contribution in [0.4, 0.5) is 5.69 Å². The summed E-state index contributed by atoms with van der Waals surface area (Å²) in [5.41, 5.74) is 1.88. The third-order valence-corrected chi connectivity index (χ3v) is 9.44. The first-order valence-electron chi connectivity index (χ1n) is 13.9. The predicted molar refractivity (Wildman–Crippen MR) is 176 cm³/mol. The summed E-state index contributed by atoms with van der Waals surface area (Å²) in [6.07, 6.45) is 0.235. The van der Waals surface area contributed by atoms with Crippen LogP contribution in [-0.4, -0.2) is 51.4 Å². The van der Waals surface area contributed by atoms with Crippen molar-refractivity contribution in [3.05, 3.63) is 124 Å². The number of benzene rings is 4. The summed E-state index contributed by atoms with van der Waals surface area (Å²) in [5.74, 6) is -0.399. The van der Waals surface area contributed by atoms with Gasteiger partial charge in [-0.05, 0) is 78.7 Å². The molecule has 1 unspecified atom stereocenters. The van der Waals surface area contributed by atoms with E-state index in [1.165, 1.54) is 24.1 Å². The number of nitrogens with one attached hydrogen (secondary N) is 1. The van der Waals surface area contributed by atoms with Gasteiger partial charge < -0.3 is 15.0 Å². The highest BCUT2D eigenvalue weighted by Crippen LogP contribution is 2.27. The van der Waals surface area contributed by atoms with Crippen LogP contribution in [-0.2, 0) is 32.6 Å². The minimum atomic E-state index is -4.24. The lowest BCUT2D eigenvalue weighted by Crippen LogP contribution is -2.53. The third kappa shape index (κ3) is 8.40. The number of ether oxygens (including phenoxy) is 1. The van der Waals surface area contributed by atoms with Gasteiger partial charge in [0.05, 0.1) is 17.7 Å². The molecule has 0 saturated heterocycles. The number of hydrogen-bond acceptors (Lipinski definition) is 5. The van der Waals surface area contributed by atoms with Crippen molar-refractivity contribution < 1.29 is 22.7 Å². The molecule has 0 heterocycles. The lowest BCUT2D eigenvalue weighted by atomic mass is 10.0. The molecule has 11 heteroatoms. The number of nitrogens with zero attached hydrogens (tertiary/aromatic N) is 2. The van der Waals surface area contributed by atoms with Crippen LogP contribution in [0.2, 0.25) is 5.02 Å². The van der Waals surface area contributed by atoms with Crippen LogP contribution < -0.4 is 14.4 Å². The van der Waals surface area contributed by atoms with Crippen molar-refractivity contribution in [2.24, 2.45) is 0 Å². The van der Waals surface area contributed by atoms with Gasteiger partial charge in [-0.3, -0.25) is 13.9 Å². The Bertz CT molecular complexity index is 1670. The van der Waals surface area contributed by atoms with Gasteiger partial charge in [-0.15, -0.1) is 0 Å². The van der Waals surface area contributed by atoms with Gasteiger partial charge >= 0.3 is 0 Å². The molecule has 4 rings (SSSR count). The number of hydrogen-bond donors (Lipinski definition) is 1. The number of sulfonamides is 1. The molecule has 0 bridgehead atoms. The van der Waals surface area contributed by atoms with E-state index in [1.54, 1.807) is 36.4 Å². The highest BCUT2D eigenvalue weighted by molar-refractivity contribution is 9.10. The summed E-state index contributed by atoms with van der Waals surface area (Å²) in [7, 11) is -2.75. The Hall–Kier alpha value is -3.86. The molecule has 230 valence electrons. The number of amides is 2. The first-order chi connectivity index (χ1) is 21.1. The van der Waals surface area contributed by atoms with Crippen molar-refractivity contribution in [2.75, 3.05) is 24.5 Å². The zero-order valence-corrected chi connectivity index (χ0v) is 27.5. The quantitative estimate of drug-likeness (QED) is 0.183. The summed E-state index contributed by atoms with van der Waals surface area (Å²) in [6.45, 7) is 1.69. The largest absolute Gasteiger partial charge is 0.497 e. The predicted octanol–water partition coefficient (Wildman–Crippen LogP) is 6.08. The number of likely N-dealkylation sites (N-methyl/N-ethyl adjacent to an activating group) is 1. The fourth-order valence-corrected chi connectivity index (χ4v) is 6.68. The monoisotopic (exact) mass is 697 g/mol. The average molecular weight is 699 g/mol. The Morgan fingerprint density at radius 2 is 1.57 bits per heavy atom. The average Bonchev–Trinajstić information content (AvgIpc) is 3.02. The topological polar surface area (TPSA) is 96.0 Å². The summed E-state index contributed by atoms with van der Waals surface area (Å²) in [5, 5.41) is 3.27. The highest BCUT2D eigenvalue weighted by Gasteiger charge is 2.34. The highest BCUT2D eigenvalue weighted by atomic mass is 79.9. The molecule has 2 amide bonds. The van der Waals surface area contributed by atoms with E-state index in [2.05, 4.69) is 21.2 Å². The van der Waals surface area contributed by atoms with E-state index in [0.29, 0.717) is 17.3 Å². The third-order valence-electron chi connectivity index (χ3n) is 6.90. The van der Waals surface area contributed by atoms with E-state index >= 15 is 0 Å². The number of carbonyl (C=O) groups is 2. The lowest BCUT2D eigenvalue weighted by molar-refractivity contribution is -0.140. The Morgan fingerprint density at radius 3 is 2.18 bits per heavy atom. The van der Waals surface area contributed by atoms with Crippen LogP contribution in [0.25, 0.3) is 0 Å². The normalized spacial score (nSPS) is 11.8. The minimum absolute atomic E-state index is 0.0239. The van der Waals surface area contributed by atoms with Gasteiger partial charge in [-0.2, -0.15) is 0 Å². The van der Waals surface area contributed by atoms with Crippen LogP contribution in [0, 0.1) is 0 Å². The zero-order chi connectivity index (χ0) is 31.7. The van der Waals surface area contributed by atoms with Crippen LogP contribution in [0.1, 0.15) is 18.1 Å². The fraction of sp³-hybridized carbons (Fsp3) is 0.212. The summed E-state index contributed by atoms with van der Waals surface area (Å²) in [6, 6.07) is 28.0.